The summed E-state index contributed by atoms with van der Waals surface area (Å²) in [6.07, 6.45) is 1.35. The van der Waals surface area contributed by atoms with Gasteiger partial charge < -0.3 is 9.73 Å². The molecular weight excluding hydrogens is 373 g/mol. The molecule has 1 aromatic heterocycles. The molecule has 3 amide bonds. The molecule has 2 rings (SSSR count). The van der Waals surface area contributed by atoms with Crippen molar-refractivity contribution in [1.82, 2.24) is 16.2 Å². The van der Waals surface area contributed by atoms with Gasteiger partial charge in [-0.25, -0.2) is 4.39 Å². The maximum atomic E-state index is 13.5. The lowest BCUT2D eigenvalue weighted by atomic mass is 10.0. The zero-order valence-electron chi connectivity index (χ0n) is 14.8. The maximum Gasteiger partial charge on any atom is 0.287 e. The summed E-state index contributed by atoms with van der Waals surface area (Å²) in [6, 6.07) is 8.26. The molecule has 9 heteroatoms. The maximum absolute atomic E-state index is 13.5. The van der Waals surface area contributed by atoms with Gasteiger partial charge in [0.1, 0.15) is 11.9 Å². The Hall–Kier alpha value is -2.81. The first-order valence-corrected chi connectivity index (χ1v) is 9.17. The Morgan fingerprint density at radius 2 is 1.85 bits per heavy atom. The highest BCUT2D eigenvalue weighted by molar-refractivity contribution is 8.00. The van der Waals surface area contributed by atoms with Crippen LogP contribution in [0.4, 0.5) is 4.39 Å². The van der Waals surface area contributed by atoms with Crippen LogP contribution in [-0.2, 0) is 9.59 Å². The summed E-state index contributed by atoms with van der Waals surface area (Å²) in [5.41, 5.74) is 4.53. The third-order valence-corrected chi connectivity index (χ3v) is 4.55. The number of hydrazine groups is 1. The van der Waals surface area contributed by atoms with E-state index in [0.29, 0.717) is 4.90 Å². The molecule has 0 bridgehead atoms. The second-order valence-corrected chi connectivity index (χ2v) is 6.95. The average molecular weight is 393 g/mol. The van der Waals surface area contributed by atoms with Crippen LogP contribution in [0.2, 0.25) is 0 Å². The molecule has 1 aromatic carbocycles. The van der Waals surface area contributed by atoms with Gasteiger partial charge in [-0.3, -0.25) is 25.2 Å². The molecule has 1 atom stereocenters. The molecule has 7 nitrogen and oxygen atoms in total. The number of rotatable bonds is 7. The van der Waals surface area contributed by atoms with Gasteiger partial charge in [0.15, 0.2) is 5.76 Å². The summed E-state index contributed by atoms with van der Waals surface area (Å²) >= 11 is 1.01. The van der Waals surface area contributed by atoms with Crippen LogP contribution in [0.5, 0.6) is 0 Å². The second-order valence-electron chi connectivity index (χ2n) is 5.93. The van der Waals surface area contributed by atoms with E-state index in [1.54, 1.807) is 38.1 Å². The number of halogens is 1. The van der Waals surface area contributed by atoms with Crippen molar-refractivity contribution in [2.75, 3.05) is 5.75 Å². The highest BCUT2D eigenvalue weighted by Gasteiger charge is 2.25. The summed E-state index contributed by atoms with van der Waals surface area (Å²) < 4.78 is 18.5. The molecule has 0 spiro atoms. The van der Waals surface area contributed by atoms with Gasteiger partial charge in [0, 0.05) is 4.90 Å². The van der Waals surface area contributed by atoms with Crippen molar-refractivity contribution in [2.45, 2.75) is 24.8 Å². The zero-order chi connectivity index (χ0) is 19.8. The van der Waals surface area contributed by atoms with Crippen molar-refractivity contribution < 1.29 is 23.2 Å². The van der Waals surface area contributed by atoms with Crippen LogP contribution in [0.3, 0.4) is 0 Å². The molecule has 0 unspecified atom stereocenters. The van der Waals surface area contributed by atoms with Gasteiger partial charge >= 0.3 is 0 Å². The Kier molecular flexibility index (Phi) is 7.42. The van der Waals surface area contributed by atoms with E-state index in [-0.39, 0.29) is 17.4 Å². The lowest BCUT2D eigenvalue weighted by Crippen LogP contribution is -2.54. The quantitative estimate of drug-likeness (QED) is 0.494. The predicted molar refractivity (Wildman–Crippen MR) is 98.2 cm³/mol. The lowest BCUT2D eigenvalue weighted by Gasteiger charge is -2.21. The Morgan fingerprint density at radius 3 is 2.48 bits per heavy atom. The fourth-order valence-corrected chi connectivity index (χ4v) is 2.84. The third-order valence-electron chi connectivity index (χ3n) is 3.50. The minimum absolute atomic E-state index is 0.0771. The van der Waals surface area contributed by atoms with Gasteiger partial charge in [0.2, 0.25) is 5.91 Å². The Bertz CT molecular complexity index is 796. The first-order chi connectivity index (χ1) is 12.9. The van der Waals surface area contributed by atoms with E-state index in [1.165, 1.54) is 18.4 Å². The van der Waals surface area contributed by atoms with Crippen molar-refractivity contribution >= 4 is 29.5 Å². The molecule has 1 heterocycles. The molecule has 3 N–H and O–H groups in total. The number of furan rings is 1. The van der Waals surface area contributed by atoms with Crippen LogP contribution in [0.15, 0.2) is 52.0 Å². The predicted octanol–water partition coefficient (Wildman–Crippen LogP) is 2.11. The molecule has 0 saturated carbocycles. The van der Waals surface area contributed by atoms with Crippen molar-refractivity contribution in [1.29, 1.82) is 0 Å². The Morgan fingerprint density at radius 1 is 1.11 bits per heavy atom. The summed E-state index contributed by atoms with van der Waals surface area (Å²) in [7, 11) is 0. The fourth-order valence-electron chi connectivity index (χ4n) is 2.11. The van der Waals surface area contributed by atoms with Gasteiger partial charge in [0.25, 0.3) is 11.8 Å². The van der Waals surface area contributed by atoms with Crippen LogP contribution in [0.25, 0.3) is 0 Å². The van der Waals surface area contributed by atoms with Gasteiger partial charge in [-0.1, -0.05) is 26.0 Å². The SMILES string of the molecule is CC(C)[C@H](NC(=O)c1ccco1)C(=O)NNC(=O)CSc1ccccc1F. The molecule has 0 aliphatic carbocycles. The first kappa shape index (κ1) is 20.5. The highest BCUT2D eigenvalue weighted by Crippen LogP contribution is 2.20. The molecule has 0 aliphatic heterocycles. The molecule has 0 saturated heterocycles. The number of hydrogen-bond acceptors (Lipinski definition) is 5. The largest absolute Gasteiger partial charge is 0.459 e. The summed E-state index contributed by atoms with van der Waals surface area (Å²) in [5.74, 6) is -2.25. The van der Waals surface area contributed by atoms with Gasteiger partial charge in [-0.05, 0) is 30.2 Å². The van der Waals surface area contributed by atoms with E-state index in [2.05, 4.69) is 16.2 Å². The molecule has 0 radical (unpaired) electrons. The number of carbonyl (C=O) groups excluding carboxylic acids is 3. The van der Waals surface area contributed by atoms with Crippen LogP contribution in [0, 0.1) is 11.7 Å². The van der Waals surface area contributed by atoms with E-state index >= 15 is 0 Å². The van der Waals surface area contributed by atoms with Crippen LogP contribution >= 0.6 is 11.8 Å². The zero-order valence-corrected chi connectivity index (χ0v) is 15.6. The lowest BCUT2D eigenvalue weighted by molar-refractivity contribution is -0.129. The van der Waals surface area contributed by atoms with E-state index in [0.717, 1.165) is 11.8 Å². The van der Waals surface area contributed by atoms with Crippen LogP contribution in [-0.4, -0.2) is 29.5 Å². The van der Waals surface area contributed by atoms with Crippen molar-refractivity contribution in [2.24, 2.45) is 5.92 Å². The standard InChI is InChI=1S/C18H20FN3O4S/c1-11(2)16(20-17(24)13-7-5-9-26-13)18(25)22-21-15(23)10-27-14-8-4-3-6-12(14)19/h3-9,11,16H,10H2,1-2H3,(H,20,24)(H,21,23)(H,22,25)/t16-/m0/s1. The van der Waals surface area contributed by atoms with Gasteiger partial charge in [-0.15, -0.1) is 11.8 Å². The molecular formula is C18H20FN3O4S. The number of amides is 3. The highest BCUT2D eigenvalue weighted by atomic mass is 32.2. The Balaban J connectivity index is 1.83. The smallest absolute Gasteiger partial charge is 0.287 e. The van der Waals surface area contributed by atoms with Crippen LogP contribution < -0.4 is 16.2 Å². The minimum atomic E-state index is -0.873. The monoisotopic (exact) mass is 393 g/mol. The topological polar surface area (TPSA) is 100 Å². The first-order valence-electron chi connectivity index (χ1n) is 8.19. The molecule has 0 fully saturated rings. The third kappa shape index (κ3) is 6.14. The van der Waals surface area contributed by atoms with E-state index < -0.39 is 29.6 Å². The van der Waals surface area contributed by atoms with E-state index in [4.69, 9.17) is 4.42 Å². The number of carbonyl (C=O) groups is 3. The summed E-state index contributed by atoms with van der Waals surface area (Å²) in [6.45, 7) is 3.50. The number of hydrogen-bond donors (Lipinski definition) is 3. The van der Waals surface area contributed by atoms with Crippen molar-refractivity contribution in [3.8, 4) is 0 Å². The Labute approximate surface area is 160 Å². The number of thioether (sulfide) groups is 1. The molecule has 0 aliphatic rings. The molecule has 2 aromatic rings. The minimum Gasteiger partial charge on any atom is -0.459 e. The second kappa shape index (κ2) is 9.77. The molecule has 144 valence electrons. The van der Waals surface area contributed by atoms with Crippen molar-refractivity contribution in [3.63, 3.8) is 0 Å². The summed E-state index contributed by atoms with van der Waals surface area (Å²) in [5, 5.41) is 2.56. The van der Waals surface area contributed by atoms with Gasteiger partial charge in [0.05, 0.1) is 12.0 Å². The number of nitrogens with one attached hydrogen (secondary N) is 3. The fraction of sp³-hybridized carbons (Fsp3) is 0.278. The average Bonchev–Trinajstić information content (AvgIpc) is 3.18. The van der Waals surface area contributed by atoms with Crippen LogP contribution in [0.1, 0.15) is 24.4 Å². The summed E-state index contributed by atoms with van der Waals surface area (Å²) in [4.78, 5) is 36.5. The number of benzene rings is 1. The van der Waals surface area contributed by atoms with Crippen molar-refractivity contribution in [3.05, 3.63) is 54.2 Å². The van der Waals surface area contributed by atoms with E-state index in [1.807, 2.05) is 0 Å². The molecule has 27 heavy (non-hydrogen) atoms. The van der Waals surface area contributed by atoms with E-state index in [9.17, 15) is 18.8 Å². The van der Waals surface area contributed by atoms with Gasteiger partial charge in [-0.2, -0.15) is 0 Å². The normalized spacial score (nSPS) is 11.7.